The van der Waals surface area contributed by atoms with Crippen molar-refractivity contribution < 1.29 is 0 Å². The van der Waals surface area contributed by atoms with Gasteiger partial charge in [0.1, 0.15) is 0 Å². The summed E-state index contributed by atoms with van der Waals surface area (Å²) in [6, 6.07) is 82.4. The summed E-state index contributed by atoms with van der Waals surface area (Å²) < 4.78 is 0. The Morgan fingerprint density at radius 3 is 1.28 bits per heavy atom. The molecule has 0 aliphatic carbocycles. The van der Waals surface area contributed by atoms with Crippen molar-refractivity contribution in [1.82, 2.24) is 19.9 Å². The second-order valence-corrected chi connectivity index (χ2v) is 17.7. The summed E-state index contributed by atoms with van der Waals surface area (Å²) >= 11 is 0. The fourth-order valence-electron chi connectivity index (χ4n) is 10.6. The molecule has 4 heteroatoms. The van der Waals surface area contributed by atoms with E-state index in [0.29, 0.717) is 17.5 Å². The van der Waals surface area contributed by atoms with Crippen molar-refractivity contribution in [1.29, 1.82) is 0 Å². The quantitative estimate of drug-likeness (QED) is 0.162. The van der Waals surface area contributed by atoms with Crippen LogP contribution in [0, 0.1) is 0 Å². The molecule has 0 amide bonds. The molecule has 0 unspecified atom stereocenters. The average molecular weight is 863 g/mol. The van der Waals surface area contributed by atoms with Gasteiger partial charge in [0.25, 0.3) is 0 Å². The minimum Gasteiger partial charge on any atom is -0.247 e. The third kappa shape index (κ3) is 6.08. The molecule has 0 spiro atoms. The topological polar surface area (TPSA) is 51.6 Å². The molecule has 14 aromatic rings. The first-order valence-electron chi connectivity index (χ1n) is 23.1. The van der Waals surface area contributed by atoms with Gasteiger partial charge in [0, 0.05) is 38.4 Å². The zero-order chi connectivity index (χ0) is 44.7. The van der Waals surface area contributed by atoms with Crippen molar-refractivity contribution in [3.8, 4) is 56.5 Å². The number of para-hydroxylation sites is 1. The van der Waals surface area contributed by atoms with Crippen LogP contribution in [0.2, 0.25) is 0 Å². The molecule has 4 nitrogen and oxygen atoms in total. The van der Waals surface area contributed by atoms with Crippen molar-refractivity contribution in [3.05, 3.63) is 231 Å². The van der Waals surface area contributed by atoms with Gasteiger partial charge in [-0.15, -0.1) is 0 Å². The molecular weight excluding hydrogens is 825 g/mol. The lowest BCUT2D eigenvalue weighted by atomic mass is 9.89. The Kier molecular flexibility index (Phi) is 8.55. The summed E-state index contributed by atoms with van der Waals surface area (Å²) in [5, 5.41) is 17.5. The molecule has 0 radical (unpaired) electrons. The fourth-order valence-corrected chi connectivity index (χ4v) is 10.6. The summed E-state index contributed by atoms with van der Waals surface area (Å²) in [6.45, 7) is 0. The van der Waals surface area contributed by atoms with E-state index in [2.05, 4.69) is 231 Å². The van der Waals surface area contributed by atoms with Gasteiger partial charge in [-0.25, -0.2) is 19.9 Å². The Balaban J connectivity index is 0.982. The number of aromatic nitrogens is 4. The van der Waals surface area contributed by atoms with Gasteiger partial charge in [0.15, 0.2) is 17.5 Å². The molecule has 0 aliphatic heterocycles. The van der Waals surface area contributed by atoms with E-state index in [4.69, 9.17) is 19.9 Å². The molecule has 0 fully saturated rings. The van der Waals surface area contributed by atoms with Crippen LogP contribution in [0.25, 0.3) is 143 Å². The van der Waals surface area contributed by atoms with Gasteiger partial charge in [0.05, 0.1) is 11.2 Å². The molecule has 0 N–H and O–H groups in total. The van der Waals surface area contributed by atoms with E-state index in [0.717, 1.165) is 76.9 Å². The van der Waals surface area contributed by atoms with E-state index in [-0.39, 0.29) is 0 Å². The second kappa shape index (κ2) is 15.2. The summed E-state index contributed by atoms with van der Waals surface area (Å²) in [7, 11) is 0. The Labute approximate surface area is 391 Å². The molecule has 0 saturated carbocycles. The number of hydrogen-bond acceptors (Lipinski definition) is 4. The number of rotatable bonds is 5. The molecule has 0 aliphatic rings. The van der Waals surface area contributed by atoms with Crippen molar-refractivity contribution in [2.24, 2.45) is 0 Å². The largest absolute Gasteiger partial charge is 0.247 e. The van der Waals surface area contributed by atoms with Crippen LogP contribution in [0.1, 0.15) is 0 Å². The Morgan fingerprint density at radius 2 is 0.662 bits per heavy atom. The third-order valence-corrected chi connectivity index (χ3v) is 13.8. The average Bonchev–Trinajstić information content (AvgIpc) is 3.41. The normalized spacial score (nSPS) is 11.8. The Morgan fingerprint density at radius 1 is 0.221 bits per heavy atom. The standard InChI is InChI=1S/C64H38N4/c1-2-16-42-35-45(34-29-39(42)15-1)61-58-38-55(52-25-11-12-26-53(52)60(58)54-27-13-14-28-59(54)65-61)40-30-32-41(33-31-40)62-66-63(56-36-43-17-3-5-19-46(43)48-21-7-9-23-50(48)56)68-64(67-62)57-37-44-18-4-6-20-47(44)49-22-8-10-24-51(49)57/h1-38H. The van der Waals surface area contributed by atoms with E-state index in [1.54, 1.807) is 0 Å². The highest BCUT2D eigenvalue weighted by Gasteiger charge is 2.20. The number of fused-ring (bicyclic) bond motifs is 12. The van der Waals surface area contributed by atoms with Crippen LogP contribution in [0.4, 0.5) is 0 Å². The molecule has 68 heavy (non-hydrogen) atoms. The number of hydrogen-bond donors (Lipinski definition) is 0. The molecule has 14 rings (SSSR count). The maximum absolute atomic E-state index is 5.39. The van der Waals surface area contributed by atoms with Crippen LogP contribution in [-0.4, -0.2) is 19.9 Å². The molecule has 314 valence electrons. The monoisotopic (exact) mass is 862 g/mol. The van der Waals surface area contributed by atoms with Crippen molar-refractivity contribution >= 4 is 86.3 Å². The summed E-state index contributed by atoms with van der Waals surface area (Å²) in [5.74, 6) is 1.88. The highest BCUT2D eigenvalue weighted by atomic mass is 15.0. The van der Waals surface area contributed by atoms with Gasteiger partial charge in [-0.05, 0) is 106 Å². The van der Waals surface area contributed by atoms with Gasteiger partial charge in [-0.3, -0.25) is 0 Å². The first-order chi connectivity index (χ1) is 33.7. The Hall–Kier alpha value is -9.12. The van der Waals surface area contributed by atoms with E-state index in [1.165, 1.54) is 48.5 Å². The lowest BCUT2D eigenvalue weighted by Crippen LogP contribution is -2.01. The lowest BCUT2D eigenvalue weighted by Gasteiger charge is -2.17. The zero-order valence-corrected chi connectivity index (χ0v) is 36.7. The molecule has 0 atom stereocenters. The predicted molar refractivity (Wildman–Crippen MR) is 285 cm³/mol. The number of benzene rings is 12. The van der Waals surface area contributed by atoms with Gasteiger partial charge < -0.3 is 0 Å². The minimum atomic E-state index is 0.614. The summed E-state index contributed by atoms with van der Waals surface area (Å²) in [6.07, 6.45) is 0. The van der Waals surface area contributed by atoms with E-state index >= 15 is 0 Å². The maximum atomic E-state index is 5.39. The van der Waals surface area contributed by atoms with Crippen molar-refractivity contribution in [2.75, 3.05) is 0 Å². The van der Waals surface area contributed by atoms with Crippen LogP contribution < -0.4 is 0 Å². The van der Waals surface area contributed by atoms with Crippen LogP contribution in [0.5, 0.6) is 0 Å². The number of nitrogens with zero attached hydrogens (tertiary/aromatic N) is 4. The highest BCUT2D eigenvalue weighted by molar-refractivity contribution is 6.25. The fraction of sp³-hybridized carbons (Fsp3) is 0. The highest BCUT2D eigenvalue weighted by Crippen LogP contribution is 2.43. The number of pyridine rings is 1. The van der Waals surface area contributed by atoms with Gasteiger partial charge >= 0.3 is 0 Å². The second-order valence-electron chi connectivity index (χ2n) is 17.7. The van der Waals surface area contributed by atoms with Crippen LogP contribution >= 0.6 is 0 Å². The van der Waals surface area contributed by atoms with E-state index in [1.807, 2.05) is 0 Å². The first kappa shape index (κ1) is 38.2. The minimum absolute atomic E-state index is 0.614. The van der Waals surface area contributed by atoms with E-state index < -0.39 is 0 Å². The summed E-state index contributed by atoms with van der Waals surface area (Å²) in [4.78, 5) is 21.5. The predicted octanol–water partition coefficient (Wildman–Crippen LogP) is 16.8. The van der Waals surface area contributed by atoms with E-state index in [9.17, 15) is 0 Å². The summed E-state index contributed by atoms with van der Waals surface area (Å²) in [5.41, 5.74) is 8.13. The molecule has 0 saturated heterocycles. The van der Waals surface area contributed by atoms with Gasteiger partial charge in [0.2, 0.25) is 0 Å². The molecule has 0 bridgehead atoms. The molecule has 2 heterocycles. The van der Waals surface area contributed by atoms with Crippen LogP contribution in [0.3, 0.4) is 0 Å². The maximum Gasteiger partial charge on any atom is 0.164 e. The molecular formula is C64H38N4. The smallest absolute Gasteiger partial charge is 0.164 e. The van der Waals surface area contributed by atoms with Gasteiger partial charge in [-0.2, -0.15) is 0 Å². The van der Waals surface area contributed by atoms with Crippen molar-refractivity contribution in [3.63, 3.8) is 0 Å². The first-order valence-corrected chi connectivity index (χ1v) is 23.1. The third-order valence-electron chi connectivity index (χ3n) is 13.8. The van der Waals surface area contributed by atoms with Crippen molar-refractivity contribution in [2.45, 2.75) is 0 Å². The molecule has 2 aromatic heterocycles. The van der Waals surface area contributed by atoms with Gasteiger partial charge in [-0.1, -0.05) is 200 Å². The SMILES string of the molecule is c1ccc2cc(-c3nc4ccccc4c4c3cc(-c3ccc(-c5nc(-c6cc7ccccc7c7ccccc67)nc(-c6cc7ccccc7c7ccccc67)n5)cc3)c3ccccc34)ccc2c1. The van der Waals surface area contributed by atoms with Crippen LogP contribution in [-0.2, 0) is 0 Å². The Bertz CT molecular complexity index is 4250. The lowest BCUT2D eigenvalue weighted by molar-refractivity contribution is 1.08. The molecule has 12 aromatic carbocycles. The zero-order valence-electron chi connectivity index (χ0n) is 36.7. The van der Waals surface area contributed by atoms with Crippen LogP contribution in [0.15, 0.2) is 231 Å².